The molecule has 0 spiro atoms. The lowest BCUT2D eigenvalue weighted by molar-refractivity contribution is -0.137. The van der Waals surface area contributed by atoms with Crippen LogP contribution < -0.4 is 0 Å². The molecule has 8 heteroatoms. The number of hydrogen-bond acceptors (Lipinski definition) is 3. The van der Waals surface area contributed by atoms with Crippen LogP contribution in [0.4, 0.5) is 13.2 Å². The summed E-state index contributed by atoms with van der Waals surface area (Å²) in [6.07, 6.45) is -4.00. The van der Waals surface area contributed by atoms with Crippen LogP contribution in [0.5, 0.6) is 0 Å². The summed E-state index contributed by atoms with van der Waals surface area (Å²) in [5.74, 6) is -0.168. The van der Waals surface area contributed by atoms with Gasteiger partial charge >= 0.3 is 6.18 Å². The SMILES string of the molecule is CN(C(=O)Cc1ccc(C(F)(F)F)cc1)[C@H](CN1CC[C@@H](O)C1)c1ccccc1.Cl. The Hall–Kier alpha value is -2.09. The van der Waals surface area contributed by atoms with Crippen LogP contribution in [0.25, 0.3) is 0 Å². The van der Waals surface area contributed by atoms with E-state index >= 15 is 0 Å². The van der Waals surface area contributed by atoms with Crippen LogP contribution >= 0.6 is 12.4 Å². The molecule has 30 heavy (non-hydrogen) atoms. The summed E-state index contributed by atoms with van der Waals surface area (Å²) in [5, 5.41) is 9.80. The summed E-state index contributed by atoms with van der Waals surface area (Å²) >= 11 is 0. The Morgan fingerprint density at radius 1 is 1.17 bits per heavy atom. The highest BCUT2D eigenvalue weighted by molar-refractivity contribution is 5.85. The summed E-state index contributed by atoms with van der Waals surface area (Å²) < 4.78 is 38.2. The minimum absolute atomic E-state index is 0. The molecule has 2 atom stereocenters. The molecule has 1 N–H and O–H groups in total. The van der Waals surface area contributed by atoms with Crippen molar-refractivity contribution in [1.29, 1.82) is 0 Å². The van der Waals surface area contributed by atoms with Crippen molar-refractivity contribution in [2.45, 2.75) is 31.2 Å². The second-order valence-corrected chi connectivity index (χ2v) is 7.50. The first-order valence-electron chi connectivity index (χ1n) is 9.61. The van der Waals surface area contributed by atoms with Crippen LogP contribution in [0.1, 0.15) is 29.2 Å². The zero-order chi connectivity index (χ0) is 21.0. The van der Waals surface area contributed by atoms with Crippen molar-refractivity contribution in [1.82, 2.24) is 9.80 Å². The van der Waals surface area contributed by atoms with Gasteiger partial charge in [-0.15, -0.1) is 12.4 Å². The van der Waals surface area contributed by atoms with Gasteiger partial charge in [-0.3, -0.25) is 9.69 Å². The number of rotatable bonds is 6. The van der Waals surface area contributed by atoms with Crippen LogP contribution in [0.15, 0.2) is 54.6 Å². The maximum absolute atomic E-state index is 12.9. The monoisotopic (exact) mass is 442 g/mol. The van der Waals surface area contributed by atoms with Crippen LogP contribution in [-0.2, 0) is 17.4 Å². The highest BCUT2D eigenvalue weighted by atomic mass is 35.5. The molecule has 1 heterocycles. The number of amides is 1. The number of alkyl halides is 3. The summed E-state index contributed by atoms with van der Waals surface area (Å²) in [6, 6.07) is 14.1. The molecule has 0 aromatic heterocycles. The lowest BCUT2D eigenvalue weighted by Crippen LogP contribution is -2.39. The van der Waals surface area contributed by atoms with Crippen molar-refractivity contribution >= 4 is 18.3 Å². The van der Waals surface area contributed by atoms with Crippen LogP contribution in [-0.4, -0.2) is 53.6 Å². The molecule has 2 aromatic rings. The fourth-order valence-electron chi connectivity index (χ4n) is 3.63. The third-order valence-corrected chi connectivity index (χ3v) is 5.36. The van der Waals surface area contributed by atoms with Gasteiger partial charge < -0.3 is 10.0 Å². The number of carbonyl (C=O) groups excluding carboxylic acids is 1. The van der Waals surface area contributed by atoms with Crippen molar-refractivity contribution in [2.75, 3.05) is 26.7 Å². The predicted molar refractivity (Wildman–Crippen MR) is 111 cm³/mol. The third kappa shape index (κ3) is 6.20. The van der Waals surface area contributed by atoms with Gasteiger partial charge in [0.05, 0.1) is 24.1 Å². The molecule has 1 fully saturated rings. The number of carbonyl (C=O) groups is 1. The second-order valence-electron chi connectivity index (χ2n) is 7.50. The van der Waals surface area contributed by atoms with E-state index in [4.69, 9.17) is 0 Å². The maximum atomic E-state index is 12.9. The number of likely N-dealkylation sites (N-methyl/N-ethyl adjacent to an activating group) is 1. The summed E-state index contributed by atoms with van der Waals surface area (Å²) in [7, 11) is 1.72. The Kier molecular flexibility index (Phi) is 8.29. The molecule has 0 saturated carbocycles. The van der Waals surface area contributed by atoms with E-state index in [-0.39, 0.29) is 36.9 Å². The minimum atomic E-state index is -4.39. The zero-order valence-electron chi connectivity index (χ0n) is 16.7. The van der Waals surface area contributed by atoms with Crippen molar-refractivity contribution < 1.29 is 23.1 Å². The standard InChI is InChI=1S/C22H25F3N2O2.ClH/c1-26(21(29)13-16-7-9-18(10-8-16)22(23,24)25)20(17-5-3-2-4-6-17)15-27-12-11-19(28)14-27;/h2-10,19-20,28H,11-15H2,1H3;1H/t19-,20-;/m1./s1. The second kappa shape index (κ2) is 10.3. The Morgan fingerprint density at radius 2 is 1.80 bits per heavy atom. The maximum Gasteiger partial charge on any atom is 0.416 e. The van der Waals surface area contributed by atoms with Gasteiger partial charge in [0.25, 0.3) is 0 Å². The first kappa shape index (κ1) is 24.2. The molecule has 3 rings (SSSR count). The average molecular weight is 443 g/mol. The number of β-amino-alcohol motifs (C(OH)–C–C–N with tert-alkyl or cyclic N) is 1. The van der Waals surface area contributed by atoms with E-state index in [0.717, 1.165) is 24.2 Å². The summed E-state index contributed by atoms with van der Waals surface area (Å²) in [5.41, 5.74) is 0.798. The highest BCUT2D eigenvalue weighted by Gasteiger charge is 2.31. The molecular formula is C22H26ClF3N2O2. The number of hydrogen-bond donors (Lipinski definition) is 1. The normalized spacial score (nSPS) is 18.0. The van der Waals surface area contributed by atoms with Gasteiger partial charge in [0.15, 0.2) is 0 Å². The molecule has 1 saturated heterocycles. The molecule has 1 amide bonds. The Morgan fingerprint density at radius 3 is 2.33 bits per heavy atom. The van der Waals surface area contributed by atoms with E-state index in [1.807, 2.05) is 30.3 Å². The van der Waals surface area contributed by atoms with E-state index < -0.39 is 11.7 Å². The Balaban J connectivity index is 0.00000320. The highest BCUT2D eigenvalue weighted by Crippen LogP contribution is 2.29. The molecule has 0 unspecified atom stereocenters. The fourth-order valence-corrected chi connectivity index (χ4v) is 3.63. The van der Waals surface area contributed by atoms with Crippen molar-refractivity contribution in [3.8, 4) is 0 Å². The Labute approximate surface area is 180 Å². The smallest absolute Gasteiger partial charge is 0.392 e. The minimum Gasteiger partial charge on any atom is -0.392 e. The molecule has 0 radical (unpaired) electrons. The largest absolute Gasteiger partial charge is 0.416 e. The van der Waals surface area contributed by atoms with Crippen molar-refractivity contribution in [2.24, 2.45) is 0 Å². The molecule has 1 aliphatic rings. The van der Waals surface area contributed by atoms with E-state index in [1.54, 1.807) is 11.9 Å². The summed E-state index contributed by atoms with van der Waals surface area (Å²) in [6.45, 7) is 1.94. The number of halogens is 4. The average Bonchev–Trinajstić information content (AvgIpc) is 3.11. The number of aliphatic hydroxyl groups excluding tert-OH is 1. The van der Waals surface area contributed by atoms with Gasteiger partial charge in [0, 0.05) is 26.7 Å². The van der Waals surface area contributed by atoms with Gasteiger partial charge in [-0.25, -0.2) is 0 Å². The van der Waals surface area contributed by atoms with Gasteiger partial charge in [-0.1, -0.05) is 42.5 Å². The predicted octanol–water partition coefficient (Wildman–Crippen LogP) is 3.94. The molecular weight excluding hydrogens is 417 g/mol. The Bertz CT molecular complexity index is 815. The summed E-state index contributed by atoms with van der Waals surface area (Å²) in [4.78, 5) is 16.7. The first-order valence-corrected chi connectivity index (χ1v) is 9.61. The molecule has 0 bridgehead atoms. The van der Waals surface area contributed by atoms with E-state index in [0.29, 0.717) is 25.1 Å². The van der Waals surface area contributed by atoms with Gasteiger partial charge in [0.1, 0.15) is 0 Å². The molecule has 164 valence electrons. The fraction of sp³-hybridized carbons (Fsp3) is 0.409. The number of benzene rings is 2. The number of nitrogens with zero attached hydrogens (tertiary/aromatic N) is 2. The topological polar surface area (TPSA) is 43.8 Å². The third-order valence-electron chi connectivity index (χ3n) is 5.36. The van der Waals surface area contributed by atoms with Gasteiger partial charge in [0.2, 0.25) is 5.91 Å². The molecule has 4 nitrogen and oxygen atoms in total. The van der Waals surface area contributed by atoms with Gasteiger partial charge in [-0.05, 0) is 29.7 Å². The number of aliphatic hydroxyl groups is 1. The number of likely N-dealkylation sites (tertiary alicyclic amines) is 1. The van der Waals surface area contributed by atoms with E-state index in [1.165, 1.54) is 12.1 Å². The van der Waals surface area contributed by atoms with Crippen LogP contribution in [0.2, 0.25) is 0 Å². The lowest BCUT2D eigenvalue weighted by atomic mass is 10.0. The quantitative estimate of drug-likeness (QED) is 0.737. The van der Waals surface area contributed by atoms with Crippen LogP contribution in [0, 0.1) is 0 Å². The molecule has 0 aliphatic carbocycles. The lowest BCUT2D eigenvalue weighted by Gasteiger charge is -2.32. The zero-order valence-corrected chi connectivity index (χ0v) is 17.5. The van der Waals surface area contributed by atoms with E-state index in [2.05, 4.69) is 4.90 Å². The van der Waals surface area contributed by atoms with Crippen molar-refractivity contribution in [3.63, 3.8) is 0 Å². The van der Waals surface area contributed by atoms with E-state index in [9.17, 15) is 23.1 Å². The van der Waals surface area contributed by atoms with Crippen molar-refractivity contribution in [3.05, 3.63) is 71.3 Å². The van der Waals surface area contributed by atoms with Gasteiger partial charge in [-0.2, -0.15) is 13.2 Å². The molecule has 1 aliphatic heterocycles. The molecule has 2 aromatic carbocycles. The van der Waals surface area contributed by atoms with Crippen LogP contribution in [0.3, 0.4) is 0 Å². The first-order chi connectivity index (χ1) is 13.7.